The molecule has 0 bridgehead atoms. The molecule has 7 nitrogen and oxygen atoms in total. The number of nitrogens with zero attached hydrogens (tertiary/aromatic N) is 5. The van der Waals surface area contributed by atoms with Gasteiger partial charge in [-0.2, -0.15) is 5.10 Å². The fourth-order valence-electron chi connectivity index (χ4n) is 3.32. The van der Waals surface area contributed by atoms with Crippen molar-refractivity contribution in [3.05, 3.63) is 46.4 Å². The standard InChI is InChI=1S/C19H27N5O2/c1-19(2,3)16-11-17(25)24(13-20-16)12-14-6-9-23(10-7-14)18(26)15-5-8-21-22(15)4/h5,8,11,13-14H,6-7,9-10,12H2,1-4H3. The highest BCUT2D eigenvalue weighted by atomic mass is 16.2. The van der Waals surface area contributed by atoms with Crippen molar-refractivity contribution in [1.29, 1.82) is 0 Å². The summed E-state index contributed by atoms with van der Waals surface area (Å²) in [6.07, 6.45) is 5.07. The number of aromatic nitrogens is 4. The van der Waals surface area contributed by atoms with Crippen molar-refractivity contribution >= 4 is 5.91 Å². The summed E-state index contributed by atoms with van der Waals surface area (Å²) >= 11 is 0. The molecule has 0 spiro atoms. The van der Waals surface area contributed by atoms with Gasteiger partial charge in [-0.15, -0.1) is 0 Å². The third kappa shape index (κ3) is 3.86. The zero-order valence-corrected chi connectivity index (χ0v) is 16.0. The van der Waals surface area contributed by atoms with Gasteiger partial charge in [0.25, 0.3) is 11.5 Å². The van der Waals surface area contributed by atoms with Crippen LogP contribution in [0.5, 0.6) is 0 Å². The number of carbonyl (C=O) groups is 1. The van der Waals surface area contributed by atoms with Gasteiger partial charge < -0.3 is 4.90 Å². The molecule has 3 heterocycles. The molecule has 2 aromatic rings. The van der Waals surface area contributed by atoms with Crippen LogP contribution < -0.4 is 5.56 Å². The number of rotatable bonds is 3. The number of likely N-dealkylation sites (tertiary alicyclic amines) is 1. The van der Waals surface area contributed by atoms with Crippen molar-refractivity contribution < 1.29 is 4.79 Å². The predicted molar refractivity (Wildman–Crippen MR) is 99.0 cm³/mol. The highest BCUT2D eigenvalue weighted by Gasteiger charge is 2.25. The first kappa shape index (κ1) is 18.4. The highest BCUT2D eigenvalue weighted by Crippen LogP contribution is 2.21. The smallest absolute Gasteiger partial charge is 0.272 e. The SMILES string of the molecule is Cn1nccc1C(=O)N1CCC(Cn2cnc(C(C)(C)C)cc2=O)CC1. The van der Waals surface area contributed by atoms with Gasteiger partial charge in [0.2, 0.25) is 0 Å². The number of amides is 1. The Bertz CT molecular complexity index is 838. The van der Waals surface area contributed by atoms with Crippen molar-refractivity contribution in [3.63, 3.8) is 0 Å². The van der Waals surface area contributed by atoms with E-state index in [0.29, 0.717) is 31.2 Å². The maximum Gasteiger partial charge on any atom is 0.272 e. The van der Waals surface area contributed by atoms with Crippen LogP contribution in [0.25, 0.3) is 0 Å². The zero-order chi connectivity index (χ0) is 18.9. The topological polar surface area (TPSA) is 73.0 Å². The molecule has 0 atom stereocenters. The summed E-state index contributed by atoms with van der Waals surface area (Å²) in [5, 5.41) is 4.06. The van der Waals surface area contributed by atoms with Crippen LogP contribution in [0.3, 0.4) is 0 Å². The largest absolute Gasteiger partial charge is 0.337 e. The van der Waals surface area contributed by atoms with E-state index in [-0.39, 0.29) is 16.9 Å². The van der Waals surface area contributed by atoms with Crippen LogP contribution in [0.4, 0.5) is 0 Å². The van der Waals surface area contributed by atoms with E-state index in [1.807, 2.05) is 25.7 Å². The monoisotopic (exact) mass is 357 g/mol. The van der Waals surface area contributed by atoms with Crippen LogP contribution >= 0.6 is 0 Å². The van der Waals surface area contributed by atoms with Gasteiger partial charge in [0.1, 0.15) is 5.69 Å². The van der Waals surface area contributed by atoms with Crippen LogP contribution in [-0.2, 0) is 19.0 Å². The molecule has 26 heavy (non-hydrogen) atoms. The summed E-state index contributed by atoms with van der Waals surface area (Å²) < 4.78 is 3.30. The molecule has 0 unspecified atom stereocenters. The van der Waals surface area contributed by atoms with Gasteiger partial charge in [0.15, 0.2) is 0 Å². The van der Waals surface area contributed by atoms with Crippen LogP contribution in [0, 0.1) is 5.92 Å². The van der Waals surface area contributed by atoms with E-state index >= 15 is 0 Å². The van der Waals surface area contributed by atoms with Gasteiger partial charge in [-0.1, -0.05) is 20.8 Å². The second kappa shape index (κ2) is 7.05. The third-order valence-electron chi connectivity index (χ3n) is 5.04. The number of hydrogen-bond donors (Lipinski definition) is 0. The first-order chi connectivity index (χ1) is 12.3. The molecule has 0 saturated carbocycles. The molecular formula is C19H27N5O2. The number of aryl methyl sites for hydroxylation is 1. The normalized spacial score (nSPS) is 16.1. The molecule has 1 aliphatic heterocycles. The van der Waals surface area contributed by atoms with Crippen LogP contribution in [0.1, 0.15) is 49.8 Å². The van der Waals surface area contributed by atoms with Gasteiger partial charge in [-0.3, -0.25) is 18.8 Å². The number of hydrogen-bond acceptors (Lipinski definition) is 4. The molecule has 1 saturated heterocycles. The first-order valence-electron chi connectivity index (χ1n) is 9.10. The first-order valence-corrected chi connectivity index (χ1v) is 9.10. The van der Waals surface area contributed by atoms with E-state index in [1.54, 1.807) is 41.0 Å². The number of piperidine rings is 1. The Morgan fingerprint density at radius 1 is 1.27 bits per heavy atom. The van der Waals surface area contributed by atoms with Gasteiger partial charge in [0.05, 0.1) is 12.0 Å². The fraction of sp³-hybridized carbons (Fsp3) is 0.579. The maximum absolute atomic E-state index is 12.5. The molecule has 1 fully saturated rings. The molecule has 140 valence electrons. The molecule has 1 aliphatic rings. The summed E-state index contributed by atoms with van der Waals surface area (Å²) in [7, 11) is 1.78. The minimum Gasteiger partial charge on any atom is -0.337 e. The van der Waals surface area contributed by atoms with Crippen molar-refractivity contribution in [2.24, 2.45) is 13.0 Å². The quantitative estimate of drug-likeness (QED) is 0.840. The lowest BCUT2D eigenvalue weighted by atomic mass is 9.92. The zero-order valence-electron chi connectivity index (χ0n) is 16.0. The van der Waals surface area contributed by atoms with Crippen LogP contribution in [-0.4, -0.2) is 43.2 Å². The van der Waals surface area contributed by atoms with Gasteiger partial charge in [0, 0.05) is 44.4 Å². The van der Waals surface area contributed by atoms with Crippen molar-refractivity contribution in [1.82, 2.24) is 24.2 Å². The van der Waals surface area contributed by atoms with E-state index < -0.39 is 0 Å². The highest BCUT2D eigenvalue weighted by molar-refractivity contribution is 5.92. The molecule has 0 aliphatic carbocycles. The van der Waals surface area contributed by atoms with Crippen molar-refractivity contribution in [3.8, 4) is 0 Å². The summed E-state index contributed by atoms with van der Waals surface area (Å²) in [6, 6.07) is 3.39. The maximum atomic E-state index is 12.5. The fourth-order valence-corrected chi connectivity index (χ4v) is 3.32. The number of carbonyl (C=O) groups excluding carboxylic acids is 1. The average molecular weight is 357 g/mol. The Balaban J connectivity index is 1.60. The molecule has 2 aromatic heterocycles. The lowest BCUT2D eigenvalue weighted by molar-refractivity contribution is 0.0671. The Morgan fingerprint density at radius 2 is 1.96 bits per heavy atom. The van der Waals surface area contributed by atoms with Crippen LogP contribution in [0.2, 0.25) is 0 Å². The van der Waals surface area contributed by atoms with Gasteiger partial charge >= 0.3 is 0 Å². The van der Waals surface area contributed by atoms with E-state index in [1.165, 1.54) is 0 Å². The molecule has 0 N–H and O–H groups in total. The second-order valence-electron chi connectivity index (χ2n) is 8.09. The van der Waals surface area contributed by atoms with E-state index in [9.17, 15) is 9.59 Å². The van der Waals surface area contributed by atoms with E-state index in [0.717, 1.165) is 18.5 Å². The molecule has 0 aromatic carbocycles. The minimum absolute atomic E-state index is 0.00156. The van der Waals surface area contributed by atoms with Gasteiger partial charge in [-0.25, -0.2) is 4.98 Å². The van der Waals surface area contributed by atoms with Crippen LogP contribution in [0.15, 0.2) is 29.5 Å². The third-order valence-corrected chi connectivity index (χ3v) is 5.04. The molecule has 1 amide bonds. The predicted octanol–water partition coefficient (Wildman–Crippen LogP) is 1.83. The average Bonchev–Trinajstić information content (AvgIpc) is 3.02. The molecule has 3 rings (SSSR count). The molecule has 0 radical (unpaired) electrons. The Kier molecular flexibility index (Phi) is 4.98. The summed E-state index contributed by atoms with van der Waals surface area (Å²) in [5.41, 5.74) is 1.30. The lowest BCUT2D eigenvalue weighted by Crippen LogP contribution is -2.40. The van der Waals surface area contributed by atoms with Gasteiger partial charge in [-0.05, 0) is 24.8 Å². The molecule has 7 heteroatoms. The second-order valence-corrected chi connectivity index (χ2v) is 8.09. The Morgan fingerprint density at radius 3 is 2.50 bits per heavy atom. The van der Waals surface area contributed by atoms with E-state index in [2.05, 4.69) is 10.1 Å². The minimum atomic E-state index is -0.129. The van der Waals surface area contributed by atoms with Crippen molar-refractivity contribution in [2.45, 2.75) is 45.6 Å². The Labute approximate surface area is 153 Å². The molecular weight excluding hydrogens is 330 g/mol. The Hall–Kier alpha value is -2.44. The lowest BCUT2D eigenvalue weighted by Gasteiger charge is -2.32. The van der Waals surface area contributed by atoms with E-state index in [4.69, 9.17) is 0 Å². The summed E-state index contributed by atoms with van der Waals surface area (Å²) in [6.45, 7) is 8.22. The van der Waals surface area contributed by atoms with Crippen molar-refractivity contribution in [2.75, 3.05) is 13.1 Å². The summed E-state index contributed by atoms with van der Waals surface area (Å²) in [5.74, 6) is 0.405. The summed E-state index contributed by atoms with van der Waals surface area (Å²) in [4.78, 5) is 31.2.